The van der Waals surface area contributed by atoms with Gasteiger partial charge in [0.05, 0.1) is 11.3 Å². The van der Waals surface area contributed by atoms with Gasteiger partial charge >= 0.3 is 5.97 Å². The first-order valence-electron chi connectivity index (χ1n) is 4.80. The number of aromatic carboxylic acids is 1. The van der Waals surface area contributed by atoms with Gasteiger partial charge in [-0.1, -0.05) is 6.07 Å². The summed E-state index contributed by atoms with van der Waals surface area (Å²) < 4.78 is 0. The molecule has 0 aliphatic rings. The molecule has 4 nitrogen and oxygen atoms in total. The maximum atomic E-state index is 11.1. The third kappa shape index (κ3) is 1.77. The molecular weight excluding hydrogens is 204 g/mol. The van der Waals surface area contributed by atoms with Crippen molar-refractivity contribution >= 4 is 5.97 Å². The topological polar surface area (TPSA) is 63.1 Å². The molecule has 0 amide bonds. The summed E-state index contributed by atoms with van der Waals surface area (Å²) in [6, 6.07) is 7.00. The minimum Gasteiger partial charge on any atom is -0.478 e. The van der Waals surface area contributed by atoms with Gasteiger partial charge in [0.15, 0.2) is 0 Å². The van der Waals surface area contributed by atoms with E-state index in [4.69, 9.17) is 5.11 Å². The fourth-order valence-electron chi connectivity index (χ4n) is 1.53. The molecule has 0 saturated heterocycles. The first-order valence-corrected chi connectivity index (χ1v) is 4.80. The highest BCUT2D eigenvalue weighted by Crippen LogP contribution is 2.21. The second-order valence-electron chi connectivity index (χ2n) is 3.37. The summed E-state index contributed by atoms with van der Waals surface area (Å²) in [5, 5.41) is 9.14. The zero-order valence-corrected chi connectivity index (χ0v) is 8.71. The van der Waals surface area contributed by atoms with Crippen LogP contribution in [0.1, 0.15) is 15.9 Å². The van der Waals surface area contributed by atoms with E-state index in [1.807, 2.05) is 0 Å². The number of carbonyl (C=O) groups is 1. The predicted octanol–water partition coefficient (Wildman–Crippen LogP) is 2.15. The van der Waals surface area contributed by atoms with Gasteiger partial charge in [0.25, 0.3) is 0 Å². The van der Waals surface area contributed by atoms with Gasteiger partial charge in [-0.3, -0.25) is 9.97 Å². The third-order valence-electron chi connectivity index (χ3n) is 2.28. The number of aryl methyl sites for hydroxylation is 1. The van der Waals surface area contributed by atoms with Gasteiger partial charge < -0.3 is 5.11 Å². The van der Waals surface area contributed by atoms with Crippen LogP contribution in [0.2, 0.25) is 0 Å². The van der Waals surface area contributed by atoms with E-state index in [-0.39, 0.29) is 5.56 Å². The molecule has 0 unspecified atom stereocenters. The van der Waals surface area contributed by atoms with Crippen LogP contribution in [0.4, 0.5) is 0 Å². The molecule has 0 atom stereocenters. The number of hydrogen-bond acceptors (Lipinski definition) is 3. The Morgan fingerprint density at radius 3 is 2.62 bits per heavy atom. The first kappa shape index (κ1) is 10.3. The molecule has 16 heavy (non-hydrogen) atoms. The van der Waals surface area contributed by atoms with Crippen molar-refractivity contribution in [1.82, 2.24) is 9.97 Å². The van der Waals surface area contributed by atoms with Crippen LogP contribution in [-0.2, 0) is 0 Å². The Morgan fingerprint density at radius 1 is 1.19 bits per heavy atom. The summed E-state index contributed by atoms with van der Waals surface area (Å²) >= 11 is 0. The second kappa shape index (κ2) is 4.10. The predicted molar refractivity (Wildman–Crippen MR) is 59.2 cm³/mol. The summed E-state index contributed by atoms with van der Waals surface area (Å²) in [7, 11) is 0. The summed E-state index contributed by atoms with van der Waals surface area (Å²) in [6.45, 7) is 1.75. The Bertz CT molecular complexity index is 524. The van der Waals surface area contributed by atoms with Gasteiger partial charge in [0, 0.05) is 12.4 Å². The molecule has 0 aliphatic heterocycles. The number of rotatable bonds is 2. The van der Waals surface area contributed by atoms with Gasteiger partial charge in [0.2, 0.25) is 0 Å². The van der Waals surface area contributed by atoms with E-state index in [2.05, 4.69) is 9.97 Å². The fraction of sp³-hybridized carbons (Fsp3) is 0.0833. The second-order valence-corrected chi connectivity index (χ2v) is 3.37. The molecule has 4 heteroatoms. The Hall–Kier alpha value is -2.23. The van der Waals surface area contributed by atoms with Crippen molar-refractivity contribution in [2.75, 3.05) is 0 Å². The van der Waals surface area contributed by atoms with Crippen molar-refractivity contribution < 1.29 is 9.90 Å². The molecule has 2 heterocycles. The summed E-state index contributed by atoms with van der Waals surface area (Å²) in [5.74, 6) is -0.980. The molecule has 80 valence electrons. The van der Waals surface area contributed by atoms with Crippen molar-refractivity contribution in [2.45, 2.75) is 6.92 Å². The summed E-state index contributed by atoms with van der Waals surface area (Å²) in [6.07, 6.45) is 3.21. The van der Waals surface area contributed by atoms with E-state index in [0.29, 0.717) is 17.0 Å². The van der Waals surface area contributed by atoms with Crippen LogP contribution < -0.4 is 0 Å². The van der Waals surface area contributed by atoms with Crippen molar-refractivity contribution in [2.24, 2.45) is 0 Å². The van der Waals surface area contributed by atoms with Gasteiger partial charge in [-0.05, 0) is 30.7 Å². The van der Waals surface area contributed by atoms with Crippen molar-refractivity contribution in [3.8, 4) is 11.4 Å². The number of pyridine rings is 2. The molecular formula is C12H10N2O2. The minimum absolute atomic E-state index is 0.209. The number of aromatic nitrogens is 2. The minimum atomic E-state index is -0.980. The maximum absolute atomic E-state index is 11.1. The number of nitrogens with zero attached hydrogens (tertiary/aromatic N) is 2. The highest BCUT2D eigenvalue weighted by molar-refractivity contribution is 5.95. The summed E-state index contributed by atoms with van der Waals surface area (Å²) in [5.41, 5.74) is 1.88. The van der Waals surface area contributed by atoms with Crippen molar-refractivity contribution in [1.29, 1.82) is 0 Å². The standard InChI is InChI=1S/C12H10N2O2/c1-8-5-7-14-11(10(8)12(15)16)9-4-2-3-6-13-9/h2-7H,1H3,(H,15,16). The van der Waals surface area contributed by atoms with Crippen LogP contribution in [-0.4, -0.2) is 21.0 Å². The zero-order valence-electron chi connectivity index (χ0n) is 8.71. The zero-order chi connectivity index (χ0) is 11.5. The van der Waals surface area contributed by atoms with Crippen LogP contribution in [0.25, 0.3) is 11.4 Å². The van der Waals surface area contributed by atoms with E-state index < -0.39 is 5.97 Å². The molecule has 2 rings (SSSR count). The number of carboxylic acids is 1. The lowest BCUT2D eigenvalue weighted by Crippen LogP contribution is -2.05. The smallest absolute Gasteiger partial charge is 0.338 e. The molecule has 1 N–H and O–H groups in total. The monoisotopic (exact) mass is 214 g/mol. The first-order chi connectivity index (χ1) is 7.70. The van der Waals surface area contributed by atoms with Crippen LogP contribution in [0.15, 0.2) is 36.7 Å². The van der Waals surface area contributed by atoms with E-state index in [1.165, 1.54) is 0 Å². The average Bonchev–Trinajstić information content (AvgIpc) is 2.29. The molecule has 0 fully saturated rings. The molecule has 2 aromatic rings. The van der Waals surface area contributed by atoms with Gasteiger partial charge in [-0.15, -0.1) is 0 Å². The van der Waals surface area contributed by atoms with Gasteiger partial charge in [0.1, 0.15) is 5.69 Å². The molecule has 2 aromatic heterocycles. The lowest BCUT2D eigenvalue weighted by atomic mass is 10.1. The normalized spacial score (nSPS) is 10.1. The molecule has 0 radical (unpaired) electrons. The third-order valence-corrected chi connectivity index (χ3v) is 2.28. The highest BCUT2D eigenvalue weighted by Gasteiger charge is 2.16. The van der Waals surface area contributed by atoms with Crippen LogP contribution in [0.3, 0.4) is 0 Å². The Balaban J connectivity index is 2.66. The molecule has 0 bridgehead atoms. The van der Waals surface area contributed by atoms with Gasteiger partial charge in [-0.2, -0.15) is 0 Å². The molecule has 0 spiro atoms. The Labute approximate surface area is 92.6 Å². The molecule has 0 saturated carbocycles. The molecule has 0 aliphatic carbocycles. The van der Waals surface area contributed by atoms with E-state index in [0.717, 1.165) is 0 Å². The SMILES string of the molecule is Cc1ccnc(-c2ccccn2)c1C(=O)O. The van der Waals surface area contributed by atoms with E-state index in [1.54, 1.807) is 43.6 Å². The Morgan fingerprint density at radius 2 is 2.00 bits per heavy atom. The lowest BCUT2D eigenvalue weighted by molar-refractivity contribution is 0.0696. The number of hydrogen-bond donors (Lipinski definition) is 1. The largest absolute Gasteiger partial charge is 0.478 e. The lowest BCUT2D eigenvalue weighted by Gasteiger charge is -2.06. The maximum Gasteiger partial charge on any atom is 0.338 e. The van der Waals surface area contributed by atoms with Crippen molar-refractivity contribution in [3.05, 3.63) is 47.8 Å². The van der Waals surface area contributed by atoms with Crippen molar-refractivity contribution in [3.63, 3.8) is 0 Å². The average molecular weight is 214 g/mol. The van der Waals surface area contributed by atoms with Crippen LogP contribution in [0.5, 0.6) is 0 Å². The van der Waals surface area contributed by atoms with Gasteiger partial charge in [-0.25, -0.2) is 4.79 Å². The fourth-order valence-corrected chi connectivity index (χ4v) is 1.53. The number of carboxylic acid groups (broad SMARTS) is 1. The quantitative estimate of drug-likeness (QED) is 0.831. The van der Waals surface area contributed by atoms with E-state index in [9.17, 15) is 4.79 Å². The Kier molecular flexibility index (Phi) is 2.64. The summed E-state index contributed by atoms with van der Waals surface area (Å²) in [4.78, 5) is 19.3. The van der Waals surface area contributed by atoms with Crippen LogP contribution in [0, 0.1) is 6.92 Å². The molecule has 0 aromatic carbocycles. The van der Waals surface area contributed by atoms with E-state index >= 15 is 0 Å². The van der Waals surface area contributed by atoms with Crippen LogP contribution >= 0.6 is 0 Å². The highest BCUT2D eigenvalue weighted by atomic mass is 16.4.